The van der Waals surface area contributed by atoms with Gasteiger partial charge in [-0.05, 0) is 31.2 Å². The van der Waals surface area contributed by atoms with Crippen LogP contribution >= 0.6 is 0 Å². The van der Waals surface area contributed by atoms with Gasteiger partial charge in [0.05, 0.1) is 4.90 Å². The number of benzene rings is 1. The summed E-state index contributed by atoms with van der Waals surface area (Å²) in [6.45, 7) is 7.41. The van der Waals surface area contributed by atoms with Crippen molar-refractivity contribution in [2.24, 2.45) is 5.14 Å². The lowest BCUT2D eigenvalue weighted by Gasteiger charge is -2.29. The first-order valence-electron chi connectivity index (χ1n) is 7.79. The molecular weight excluding hydrogens is 390 g/mol. The number of rotatable bonds is 9. The summed E-state index contributed by atoms with van der Waals surface area (Å²) in [5, 5.41) is 10.0. The zero-order valence-electron chi connectivity index (χ0n) is 15.1. The third-order valence-corrected chi connectivity index (χ3v) is 4.18. The van der Waals surface area contributed by atoms with Gasteiger partial charge in [0.15, 0.2) is 0 Å². The van der Waals surface area contributed by atoms with Crippen molar-refractivity contribution in [3.05, 3.63) is 49.6 Å². The molecule has 0 bridgehead atoms. The molecule has 0 unspecified atom stereocenters. The van der Waals surface area contributed by atoms with Crippen molar-refractivity contribution in [1.29, 1.82) is 0 Å². The molecule has 0 saturated heterocycles. The fourth-order valence-corrected chi connectivity index (χ4v) is 2.37. The molecule has 11 heteroatoms. The van der Waals surface area contributed by atoms with Crippen molar-refractivity contribution >= 4 is 33.7 Å². The highest BCUT2D eigenvalue weighted by Gasteiger charge is 2.30. The van der Waals surface area contributed by atoms with Gasteiger partial charge in [0.2, 0.25) is 10.0 Å². The quantitative estimate of drug-likeness (QED) is 0.398. The largest absolute Gasteiger partial charge is 0.460 e. The summed E-state index contributed by atoms with van der Waals surface area (Å²) in [4.78, 5) is 34.7. The van der Waals surface area contributed by atoms with E-state index in [0.29, 0.717) is 0 Å². The molecule has 2 amide bonds. The fraction of sp³-hybridized carbons (Fsp3) is 0.235. The average Bonchev–Trinajstić information content (AvgIpc) is 2.63. The molecule has 152 valence electrons. The second kappa shape index (κ2) is 9.67. The highest BCUT2D eigenvalue weighted by molar-refractivity contribution is 7.89. The summed E-state index contributed by atoms with van der Waals surface area (Å²) < 4.78 is 32.3. The number of urea groups is 1. The van der Waals surface area contributed by atoms with Crippen LogP contribution in [0.3, 0.4) is 0 Å². The van der Waals surface area contributed by atoms with E-state index in [1.165, 1.54) is 31.2 Å². The van der Waals surface area contributed by atoms with E-state index in [0.717, 1.165) is 12.2 Å². The number of carbonyl (C=O) groups is 3. The number of esters is 2. The lowest BCUT2D eigenvalue weighted by Crippen LogP contribution is -2.54. The van der Waals surface area contributed by atoms with E-state index in [1.54, 1.807) is 0 Å². The van der Waals surface area contributed by atoms with E-state index in [9.17, 15) is 22.8 Å². The van der Waals surface area contributed by atoms with Crippen LogP contribution in [0.5, 0.6) is 0 Å². The molecule has 0 radical (unpaired) electrons. The number of hydrogen-bond acceptors (Lipinski definition) is 7. The molecule has 0 spiro atoms. The molecule has 1 rings (SSSR count). The molecule has 0 aliphatic carbocycles. The molecule has 28 heavy (non-hydrogen) atoms. The van der Waals surface area contributed by atoms with E-state index >= 15 is 0 Å². The van der Waals surface area contributed by atoms with E-state index in [2.05, 4.69) is 23.8 Å². The normalized spacial score (nSPS) is 11.1. The molecular formula is C17H21N3O7S. The summed E-state index contributed by atoms with van der Waals surface area (Å²) in [7, 11) is -3.85. The van der Waals surface area contributed by atoms with Gasteiger partial charge in [0.1, 0.15) is 18.8 Å². The highest BCUT2D eigenvalue weighted by atomic mass is 32.2. The van der Waals surface area contributed by atoms with Crippen molar-refractivity contribution in [3.8, 4) is 0 Å². The van der Waals surface area contributed by atoms with E-state index in [4.69, 9.17) is 14.6 Å². The minimum atomic E-state index is -3.85. The third-order valence-electron chi connectivity index (χ3n) is 3.26. The number of amides is 2. The molecule has 0 fully saturated rings. The van der Waals surface area contributed by atoms with Gasteiger partial charge >= 0.3 is 18.0 Å². The molecule has 0 aliphatic rings. The van der Waals surface area contributed by atoms with E-state index in [1.807, 2.05) is 0 Å². The zero-order chi connectivity index (χ0) is 21.4. The Bertz CT molecular complexity index is 839. The molecule has 4 N–H and O–H groups in total. The van der Waals surface area contributed by atoms with Crippen LogP contribution in [0.2, 0.25) is 0 Å². The Morgan fingerprint density at radius 2 is 1.54 bits per heavy atom. The zero-order valence-corrected chi connectivity index (χ0v) is 16.0. The maximum atomic E-state index is 12.3. The van der Waals surface area contributed by atoms with Gasteiger partial charge in [0.25, 0.3) is 0 Å². The van der Waals surface area contributed by atoms with Crippen LogP contribution in [0, 0.1) is 0 Å². The summed E-state index contributed by atoms with van der Waals surface area (Å²) in [6, 6.07) is 4.41. The standard InChI is InChI=1S/C17H21N3O7S/c1-4-14(21)26-10-17(3,11-27-15(22)5-2)20-16(23)19-12-6-8-13(9-7-12)28(18,24)25/h4-9H,1-2,10-11H2,3H3,(H2,18,24,25)(H2,19,20,23). The molecule has 0 heterocycles. The first kappa shape index (κ1) is 22.9. The van der Waals surface area contributed by atoms with Gasteiger partial charge in [0, 0.05) is 17.8 Å². The minimum Gasteiger partial charge on any atom is -0.460 e. The number of primary sulfonamides is 1. The van der Waals surface area contributed by atoms with E-state index in [-0.39, 0.29) is 23.8 Å². The Morgan fingerprint density at radius 3 is 1.93 bits per heavy atom. The lowest BCUT2D eigenvalue weighted by atomic mass is 10.1. The van der Waals surface area contributed by atoms with Crippen LogP contribution in [-0.2, 0) is 29.1 Å². The topological polar surface area (TPSA) is 154 Å². The highest BCUT2D eigenvalue weighted by Crippen LogP contribution is 2.13. The van der Waals surface area contributed by atoms with Crippen LogP contribution in [-0.4, -0.2) is 45.1 Å². The van der Waals surface area contributed by atoms with Crippen molar-refractivity contribution in [3.63, 3.8) is 0 Å². The summed E-state index contributed by atoms with van der Waals surface area (Å²) in [5.41, 5.74) is -0.986. The van der Waals surface area contributed by atoms with Crippen molar-refractivity contribution in [2.45, 2.75) is 17.4 Å². The third kappa shape index (κ3) is 7.60. The van der Waals surface area contributed by atoms with Gasteiger partial charge in [-0.3, -0.25) is 0 Å². The van der Waals surface area contributed by atoms with Crippen LogP contribution in [0.15, 0.2) is 54.5 Å². The maximum Gasteiger partial charge on any atom is 0.330 e. The maximum absolute atomic E-state index is 12.3. The SMILES string of the molecule is C=CC(=O)OCC(C)(COC(=O)C=C)NC(=O)Nc1ccc(S(N)(=O)=O)cc1. The number of ether oxygens (including phenoxy) is 2. The Balaban J connectivity index is 2.83. The number of hydrogen-bond donors (Lipinski definition) is 3. The van der Waals surface area contributed by atoms with Crippen LogP contribution < -0.4 is 15.8 Å². The molecule has 10 nitrogen and oxygen atoms in total. The van der Waals surface area contributed by atoms with Gasteiger partial charge in [-0.1, -0.05) is 13.2 Å². The van der Waals surface area contributed by atoms with Crippen LogP contribution in [0.25, 0.3) is 0 Å². The van der Waals surface area contributed by atoms with Crippen LogP contribution in [0.4, 0.5) is 10.5 Å². The molecule has 1 aromatic carbocycles. The van der Waals surface area contributed by atoms with E-state index < -0.39 is 33.5 Å². The number of nitrogens with two attached hydrogens (primary N) is 1. The summed E-state index contributed by atoms with van der Waals surface area (Å²) in [6.07, 6.45) is 1.90. The molecule has 0 aromatic heterocycles. The second-order valence-electron chi connectivity index (χ2n) is 5.83. The van der Waals surface area contributed by atoms with Crippen molar-refractivity contribution < 1.29 is 32.3 Å². The van der Waals surface area contributed by atoms with Crippen molar-refractivity contribution in [2.75, 3.05) is 18.5 Å². The average molecular weight is 411 g/mol. The Hall–Kier alpha value is -3.18. The Kier molecular flexibility index (Phi) is 7.89. The molecule has 0 aliphatic heterocycles. The predicted molar refractivity (Wildman–Crippen MR) is 101 cm³/mol. The smallest absolute Gasteiger partial charge is 0.330 e. The minimum absolute atomic E-state index is 0.115. The summed E-state index contributed by atoms with van der Waals surface area (Å²) in [5.74, 6) is -1.44. The van der Waals surface area contributed by atoms with Gasteiger partial charge in [-0.25, -0.2) is 27.9 Å². The molecule has 0 saturated carbocycles. The van der Waals surface area contributed by atoms with Gasteiger partial charge < -0.3 is 20.1 Å². The van der Waals surface area contributed by atoms with Crippen LogP contribution in [0.1, 0.15) is 6.92 Å². The first-order valence-corrected chi connectivity index (χ1v) is 9.34. The predicted octanol–water partition coefficient (Wildman–Crippen LogP) is 0.673. The second-order valence-corrected chi connectivity index (χ2v) is 7.39. The lowest BCUT2D eigenvalue weighted by molar-refractivity contribution is -0.144. The van der Waals surface area contributed by atoms with Crippen molar-refractivity contribution in [1.82, 2.24) is 5.32 Å². The summed E-state index contributed by atoms with van der Waals surface area (Å²) >= 11 is 0. The van der Waals surface area contributed by atoms with Gasteiger partial charge in [-0.2, -0.15) is 0 Å². The number of nitrogens with one attached hydrogen (secondary N) is 2. The Labute approximate surface area is 162 Å². The fourth-order valence-electron chi connectivity index (χ4n) is 1.86. The number of carbonyl (C=O) groups excluding carboxylic acids is 3. The molecule has 1 aromatic rings. The Morgan fingerprint density at radius 1 is 1.07 bits per heavy atom. The van der Waals surface area contributed by atoms with Gasteiger partial charge in [-0.15, -0.1) is 0 Å². The number of anilines is 1. The number of sulfonamides is 1. The molecule has 0 atom stereocenters. The first-order chi connectivity index (χ1) is 13.0. The monoisotopic (exact) mass is 411 g/mol.